The predicted octanol–water partition coefficient (Wildman–Crippen LogP) is 3.75. The van der Waals surface area contributed by atoms with Gasteiger partial charge >= 0.3 is 12.1 Å². The number of nitrogens with zero attached hydrogens (tertiary/aromatic N) is 1. The molecule has 146 valence electrons. The summed E-state index contributed by atoms with van der Waals surface area (Å²) in [5.41, 5.74) is 2.09. The molecule has 6 heteroatoms. The molecule has 0 aromatic heterocycles. The van der Waals surface area contributed by atoms with Crippen LogP contribution in [-0.2, 0) is 20.9 Å². The molecule has 0 bridgehead atoms. The van der Waals surface area contributed by atoms with Crippen LogP contribution in [0.15, 0.2) is 53.9 Å². The molecule has 2 rings (SSSR count). The molecule has 1 heterocycles. The first-order valence-corrected chi connectivity index (χ1v) is 9.11. The van der Waals surface area contributed by atoms with Gasteiger partial charge in [0.05, 0.1) is 6.54 Å². The molecule has 0 radical (unpaired) electrons. The second-order valence-corrected chi connectivity index (χ2v) is 7.33. The van der Waals surface area contributed by atoms with Gasteiger partial charge in [-0.25, -0.2) is 4.79 Å². The summed E-state index contributed by atoms with van der Waals surface area (Å²) in [5.74, 6) is -0.297. The fourth-order valence-electron chi connectivity index (χ4n) is 2.66. The summed E-state index contributed by atoms with van der Waals surface area (Å²) >= 11 is 0. The Morgan fingerprint density at radius 1 is 1.15 bits per heavy atom. The highest BCUT2D eigenvalue weighted by molar-refractivity contribution is 5.73. The van der Waals surface area contributed by atoms with Crippen molar-refractivity contribution in [2.75, 3.05) is 13.1 Å². The molecule has 0 aliphatic carbocycles. The molecule has 6 nitrogen and oxygen atoms in total. The molecule has 0 saturated heterocycles. The third kappa shape index (κ3) is 7.17. The highest BCUT2D eigenvalue weighted by atomic mass is 16.6. The minimum atomic E-state index is -0.527. The topological polar surface area (TPSA) is 67.9 Å². The first-order valence-electron chi connectivity index (χ1n) is 9.11. The van der Waals surface area contributed by atoms with Crippen LogP contribution in [0.3, 0.4) is 0 Å². The molecular weight excluding hydrogens is 344 g/mol. The van der Waals surface area contributed by atoms with Crippen LogP contribution in [0.25, 0.3) is 0 Å². The lowest BCUT2D eigenvalue weighted by Crippen LogP contribution is -2.39. The summed E-state index contributed by atoms with van der Waals surface area (Å²) in [6.45, 7) is 8.30. The minimum absolute atomic E-state index is 0.134. The van der Waals surface area contributed by atoms with Gasteiger partial charge in [0.15, 0.2) is 0 Å². The second kappa shape index (κ2) is 9.26. The van der Waals surface area contributed by atoms with E-state index < -0.39 is 11.7 Å². The summed E-state index contributed by atoms with van der Waals surface area (Å²) in [6, 6.07) is 9.49. The number of ether oxygens (including phenoxy) is 2. The van der Waals surface area contributed by atoms with Crippen LogP contribution in [0, 0.1) is 0 Å². The van der Waals surface area contributed by atoms with Crippen LogP contribution in [0.2, 0.25) is 0 Å². The van der Waals surface area contributed by atoms with Crippen LogP contribution in [0.4, 0.5) is 4.79 Å². The van der Waals surface area contributed by atoms with Gasteiger partial charge in [-0.05, 0) is 44.9 Å². The van der Waals surface area contributed by atoms with Crippen LogP contribution in [0.5, 0.6) is 0 Å². The molecule has 0 spiro atoms. The zero-order valence-electron chi connectivity index (χ0n) is 16.5. The molecule has 1 amide bonds. The molecule has 1 aromatic rings. The fourth-order valence-corrected chi connectivity index (χ4v) is 2.66. The van der Waals surface area contributed by atoms with Crippen molar-refractivity contribution < 1.29 is 19.1 Å². The van der Waals surface area contributed by atoms with Crippen molar-refractivity contribution >= 4 is 12.1 Å². The van der Waals surface area contributed by atoms with E-state index in [9.17, 15) is 9.59 Å². The van der Waals surface area contributed by atoms with Crippen molar-refractivity contribution in [2.24, 2.45) is 0 Å². The van der Waals surface area contributed by atoms with Crippen LogP contribution in [0.1, 0.15) is 39.7 Å². The van der Waals surface area contributed by atoms with Crippen molar-refractivity contribution in [3.05, 3.63) is 59.4 Å². The van der Waals surface area contributed by atoms with E-state index in [-0.39, 0.29) is 19.1 Å². The molecule has 27 heavy (non-hydrogen) atoms. The van der Waals surface area contributed by atoms with E-state index >= 15 is 0 Å². The van der Waals surface area contributed by atoms with Crippen molar-refractivity contribution in [3.8, 4) is 0 Å². The van der Waals surface area contributed by atoms with Gasteiger partial charge in [0.2, 0.25) is 0 Å². The Hall–Kier alpha value is -2.76. The highest BCUT2D eigenvalue weighted by Crippen LogP contribution is 2.17. The first kappa shape index (κ1) is 20.6. The standard InChI is InChI=1S/C21H28N2O4/c1-5-18-12-11-17(13-23(18)14-19(24)27-21(2,3)4)22-20(25)26-15-16-9-7-6-8-10-16/h6-12H,5,13-15H2,1-4H3,(H,22,25). The van der Waals surface area contributed by atoms with Crippen LogP contribution < -0.4 is 5.32 Å². The number of nitrogens with one attached hydrogen (secondary N) is 1. The molecule has 0 unspecified atom stereocenters. The van der Waals surface area contributed by atoms with Gasteiger partial charge < -0.3 is 14.4 Å². The van der Waals surface area contributed by atoms with E-state index in [1.807, 2.05) is 75.1 Å². The van der Waals surface area contributed by atoms with Crippen molar-refractivity contribution in [1.82, 2.24) is 10.2 Å². The zero-order chi connectivity index (χ0) is 19.9. The monoisotopic (exact) mass is 372 g/mol. The lowest BCUT2D eigenvalue weighted by atomic mass is 10.1. The van der Waals surface area contributed by atoms with E-state index in [1.54, 1.807) is 0 Å². The average molecular weight is 372 g/mol. The molecule has 0 saturated carbocycles. The lowest BCUT2D eigenvalue weighted by Gasteiger charge is -2.31. The maximum absolute atomic E-state index is 12.2. The maximum Gasteiger partial charge on any atom is 0.411 e. The third-order valence-corrected chi connectivity index (χ3v) is 3.82. The minimum Gasteiger partial charge on any atom is -0.459 e. The molecule has 1 aromatic carbocycles. The van der Waals surface area contributed by atoms with Crippen molar-refractivity contribution in [1.29, 1.82) is 0 Å². The Morgan fingerprint density at radius 2 is 1.85 bits per heavy atom. The Bertz CT molecular complexity index is 717. The normalized spacial score (nSPS) is 14.1. The van der Waals surface area contributed by atoms with Gasteiger partial charge in [0.1, 0.15) is 18.8 Å². The summed E-state index contributed by atoms with van der Waals surface area (Å²) < 4.78 is 10.6. The van der Waals surface area contributed by atoms with Crippen LogP contribution >= 0.6 is 0 Å². The molecule has 1 aliphatic heterocycles. The van der Waals surface area contributed by atoms with E-state index in [4.69, 9.17) is 9.47 Å². The Labute approximate surface area is 160 Å². The average Bonchev–Trinajstić information content (AvgIpc) is 2.59. The molecule has 1 N–H and O–H groups in total. The van der Waals surface area contributed by atoms with Crippen LogP contribution in [-0.4, -0.2) is 35.7 Å². The molecular formula is C21H28N2O4. The zero-order valence-corrected chi connectivity index (χ0v) is 16.5. The van der Waals surface area contributed by atoms with E-state index in [0.717, 1.165) is 17.7 Å². The number of hydrogen-bond donors (Lipinski definition) is 1. The number of rotatable bonds is 6. The predicted molar refractivity (Wildman–Crippen MR) is 104 cm³/mol. The van der Waals surface area contributed by atoms with Gasteiger partial charge in [-0.3, -0.25) is 10.1 Å². The lowest BCUT2D eigenvalue weighted by molar-refractivity contribution is -0.155. The van der Waals surface area contributed by atoms with Crippen molar-refractivity contribution in [2.45, 2.75) is 46.3 Å². The number of benzene rings is 1. The number of allylic oxidation sites excluding steroid dienone is 3. The van der Waals surface area contributed by atoms with E-state index in [2.05, 4.69) is 5.32 Å². The summed E-state index contributed by atoms with van der Waals surface area (Å²) in [4.78, 5) is 26.1. The first-order chi connectivity index (χ1) is 12.8. The summed E-state index contributed by atoms with van der Waals surface area (Å²) in [5, 5.41) is 2.75. The van der Waals surface area contributed by atoms with Gasteiger partial charge in [0.25, 0.3) is 0 Å². The highest BCUT2D eigenvalue weighted by Gasteiger charge is 2.22. The maximum atomic E-state index is 12.2. The van der Waals surface area contributed by atoms with Crippen molar-refractivity contribution in [3.63, 3.8) is 0 Å². The number of carbonyl (C=O) groups is 2. The van der Waals surface area contributed by atoms with Gasteiger partial charge in [-0.1, -0.05) is 37.3 Å². The SMILES string of the molecule is CCC1=CC=C(NC(=O)OCc2ccccc2)CN1CC(=O)OC(C)(C)C. The Morgan fingerprint density at radius 3 is 2.48 bits per heavy atom. The largest absolute Gasteiger partial charge is 0.459 e. The Balaban J connectivity index is 1.90. The second-order valence-electron chi connectivity index (χ2n) is 7.33. The van der Waals surface area contributed by atoms with Gasteiger partial charge in [0, 0.05) is 11.4 Å². The summed E-state index contributed by atoms with van der Waals surface area (Å²) in [6.07, 6.45) is 4.01. The van der Waals surface area contributed by atoms with E-state index in [0.29, 0.717) is 12.2 Å². The third-order valence-electron chi connectivity index (χ3n) is 3.82. The van der Waals surface area contributed by atoms with Gasteiger partial charge in [-0.15, -0.1) is 0 Å². The quantitative estimate of drug-likeness (QED) is 0.771. The fraction of sp³-hybridized carbons (Fsp3) is 0.429. The number of hydrogen-bond acceptors (Lipinski definition) is 5. The molecule has 0 fully saturated rings. The van der Waals surface area contributed by atoms with E-state index in [1.165, 1.54) is 0 Å². The molecule has 0 atom stereocenters. The van der Waals surface area contributed by atoms with Gasteiger partial charge in [-0.2, -0.15) is 0 Å². The summed E-state index contributed by atoms with van der Waals surface area (Å²) in [7, 11) is 0. The molecule has 1 aliphatic rings. The number of carbonyl (C=O) groups excluding carboxylic acids is 2. The number of esters is 1. The Kier molecular flexibility index (Phi) is 7.05. The smallest absolute Gasteiger partial charge is 0.411 e. The number of amides is 1. The number of alkyl carbamates (subject to hydrolysis) is 1.